The maximum atomic E-state index is 10.7. The van der Waals surface area contributed by atoms with E-state index in [0.717, 1.165) is 21.6 Å². The van der Waals surface area contributed by atoms with Gasteiger partial charge < -0.3 is 14.4 Å². The molecule has 0 radical (unpaired) electrons. The van der Waals surface area contributed by atoms with E-state index in [1.54, 1.807) is 12.4 Å². The summed E-state index contributed by atoms with van der Waals surface area (Å²) in [6.45, 7) is 11.7. The maximum absolute atomic E-state index is 10.7. The van der Waals surface area contributed by atoms with Crippen molar-refractivity contribution < 1.29 is 14.4 Å². The van der Waals surface area contributed by atoms with Crippen molar-refractivity contribution in [3.63, 3.8) is 0 Å². The zero-order valence-electron chi connectivity index (χ0n) is 16.1. The van der Waals surface area contributed by atoms with E-state index in [9.17, 15) is 5.11 Å². The van der Waals surface area contributed by atoms with Gasteiger partial charge in [-0.2, -0.15) is 0 Å². The molecule has 0 amide bonds. The molecule has 3 rings (SSSR count). The Labute approximate surface area is 159 Å². The molecule has 1 saturated heterocycles. The van der Waals surface area contributed by atoms with Gasteiger partial charge in [0, 0.05) is 5.56 Å². The third-order valence-electron chi connectivity index (χ3n) is 5.05. The molecule has 1 aromatic carbocycles. The summed E-state index contributed by atoms with van der Waals surface area (Å²) in [4.78, 5) is 4.96. The molecule has 2 aromatic rings. The molecule has 1 aliphatic heterocycles. The van der Waals surface area contributed by atoms with Crippen LogP contribution in [-0.2, 0) is 14.9 Å². The number of hydrogen-bond acceptors (Lipinski definition) is 5. The highest BCUT2D eigenvalue weighted by atomic mass is 32.1. The Balaban J connectivity index is 1.85. The molecule has 4 nitrogen and oxygen atoms in total. The van der Waals surface area contributed by atoms with Gasteiger partial charge >= 0.3 is 7.12 Å². The van der Waals surface area contributed by atoms with Crippen LogP contribution in [0.25, 0.3) is 0 Å². The summed E-state index contributed by atoms with van der Waals surface area (Å²) >= 11 is 1.41. The van der Waals surface area contributed by atoms with Gasteiger partial charge in [0.15, 0.2) is 5.60 Å². The third-order valence-corrected chi connectivity index (χ3v) is 6.19. The monoisotopic (exact) mass is 369 g/mol. The van der Waals surface area contributed by atoms with E-state index in [2.05, 4.69) is 16.8 Å². The van der Waals surface area contributed by atoms with Crippen molar-refractivity contribution >= 4 is 23.9 Å². The molecule has 0 saturated carbocycles. The molecule has 1 fully saturated rings. The van der Waals surface area contributed by atoms with Crippen molar-refractivity contribution in [2.24, 2.45) is 0 Å². The van der Waals surface area contributed by atoms with Crippen LogP contribution in [-0.4, -0.2) is 28.4 Å². The van der Waals surface area contributed by atoms with Crippen LogP contribution in [0, 0.1) is 18.8 Å². The summed E-state index contributed by atoms with van der Waals surface area (Å²) in [6.07, 6.45) is 0. The molecule has 136 valence electrons. The number of aromatic nitrogens is 1. The fraction of sp³-hybridized carbons (Fsp3) is 0.450. The number of hydrogen-bond donors (Lipinski definition) is 1. The summed E-state index contributed by atoms with van der Waals surface area (Å²) in [5.74, 6) is 6.04. The molecule has 1 unspecified atom stereocenters. The van der Waals surface area contributed by atoms with Crippen molar-refractivity contribution in [3.8, 4) is 11.8 Å². The van der Waals surface area contributed by atoms with Gasteiger partial charge in [0.1, 0.15) is 0 Å². The molecule has 2 heterocycles. The van der Waals surface area contributed by atoms with Crippen molar-refractivity contribution in [2.45, 2.75) is 58.3 Å². The number of benzene rings is 1. The molecule has 1 aromatic heterocycles. The molecule has 0 spiro atoms. The van der Waals surface area contributed by atoms with Crippen molar-refractivity contribution in [3.05, 3.63) is 45.9 Å². The number of thiazole rings is 1. The fourth-order valence-corrected chi connectivity index (χ4v) is 3.58. The first-order valence-corrected chi connectivity index (χ1v) is 9.51. The summed E-state index contributed by atoms with van der Waals surface area (Å²) in [6, 6.07) is 7.76. The van der Waals surface area contributed by atoms with Crippen molar-refractivity contribution in [2.75, 3.05) is 0 Å². The van der Waals surface area contributed by atoms with Crippen molar-refractivity contribution in [1.82, 2.24) is 4.98 Å². The topological polar surface area (TPSA) is 51.6 Å². The Morgan fingerprint density at radius 3 is 2.42 bits per heavy atom. The molecular weight excluding hydrogens is 345 g/mol. The summed E-state index contributed by atoms with van der Waals surface area (Å²) in [5, 5.41) is 10.7. The normalized spacial score (nSPS) is 20.3. The maximum Gasteiger partial charge on any atom is 0.494 e. The highest BCUT2D eigenvalue weighted by Gasteiger charge is 2.51. The van der Waals surface area contributed by atoms with E-state index < -0.39 is 12.7 Å². The lowest BCUT2D eigenvalue weighted by molar-refractivity contribution is 0.00578. The first kappa shape index (κ1) is 19.1. The lowest BCUT2D eigenvalue weighted by Crippen LogP contribution is -2.41. The Bertz CT molecular complexity index is 860. The van der Waals surface area contributed by atoms with Crippen LogP contribution in [0.2, 0.25) is 0 Å². The van der Waals surface area contributed by atoms with Gasteiger partial charge in [-0.05, 0) is 59.1 Å². The number of nitrogens with zero attached hydrogens (tertiary/aromatic N) is 1. The third kappa shape index (κ3) is 3.58. The zero-order chi connectivity index (χ0) is 19.2. The smallest absolute Gasteiger partial charge is 0.399 e. The highest BCUT2D eigenvalue weighted by Crippen LogP contribution is 2.36. The van der Waals surface area contributed by atoms with Crippen LogP contribution in [0.5, 0.6) is 0 Å². The van der Waals surface area contributed by atoms with Crippen LogP contribution >= 0.6 is 11.3 Å². The summed E-state index contributed by atoms with van der Waals surface area (Å²) < 4.78 is 12.2. The number of aliphatic hydroxyl groups is 1. The minimum atomic E-state index is -1.23. The van der Waals surface area contributed by atoms with E-state index in [-0.39, 0.29) is 11.2 Å². The molecule has 6 heteroatoms. The number of rotatable bonds is 2. The van der Waals surface area contributed by atoms with Gasteiger partial charge in [0.05, 0.1) is 27.3 Å². The van der Waals surface area contributed by atoms with Crippen LogP contribution in [0.15, 0.2) is 29.8 Å². The van der Waals surface area contributed by atoms with Gasteiger partial charge in [-0.15, -0.1) is 11.3 Å². The quantitative estimate of drug-likeness (QED) is 0.653. The van der Waals surface area contributed by atoms with Gasteiger partial charge in [-0.3, -0.25) is 0 Å². The second-order valence-corrected chi connectivity index (χ2v) is 8.66. The van der Waals surface area contributed by atoms with E-state index >= 15 is 0 Å². The minimum absolute atomic E-state index is 0.382. The predicted molar refractivity (Wildman–Crippen MR) is 105 cm³/mol. The van der Waals surface area contributed by atoms with Crippen LogP contribution in [0.1, 0.15) is 50.8 Å². The molecule has 0 aliphatic carbocycles. The lowest BCUT2D eigenvalue weighted by atomic mass is 9.78. The van der Waals surface area contributed by atoms with E-state index in [0.29, 0.717) is 0 Å². The van der Waals surface area contributed by atoms with Crippen LogP contribution < -0.4 is 5.46 Å². The fourth-order valence-electron chi connectivity index (χ4n) is 2.76. The Kier molecular flexibility index (Phi) is 4.79. The molecule has 26 heavy (non-hydrogen) atoms. The van der Waals surface area contributed by atoms with E-state index in [1.165, 1.54) is 11.3 Å². The van der Waals surface area contributed by atoms with Crippen LogP contribution in [0.3, 0.4) is 0 Å². The standard InChI is InChI=1S/C20H24BNO3S/c1-14-17(26-13-22-14)20(6,23)11-10-15-8-7-9-16(12-15)21-24-18(2,3)19(4,5)25-21/h7-9,12-13,23H,1-6H3. The summed E-state index contributed by atoms with van der Waals surface area (Å²) in [5.41, 5.74) is 2.26. The van der Waals surface area contributed by atoms with E-state index in [1.807, 2.05) is 58.9 Å². The largest absolute Gasteiger partial charge is 0.494 e. The Morgan fingerprint density at radius 1 is 1.19 bits per heavy atom. The van der Waals surface area contributed by atoms with Crippen LogP contribution in [0.4, 0.5) is 0 Å². The second kappa shape index (κ2) is 6.51. The molecule has 1 N–H and O–H groups in total. The van der Waals surface area contributed by atoms with Gasteiger partial charge in [0.2, 0.25) is 0 Å². The molecule has 1 atom stereocenters. The molecule has 0 bridgehead atoms. The second-order valence-electron chi connectivity index (χ2n) is 7.80. The van der Waals surface area contributed by atoms with Gasteiger partial charge in [-0.25, -0.2) is 4.98 Å². The Morgan fingerprint density at radius 2 is 1.85 bits per heavy atom. The van der Waals surface area contributed by atoms with Gasteiger partial charge in [-0.1, -0.05) is 24.0 Å². The molecule has 1 aliphatic rings. The summed E-state index contributed by atoms with van der Waals surface area (Å²) in [7, 11) is -0.425. The zero-order valence-corrected chi connectivity index (χ0v) is 16.9. The van der Waals surface area contributed by atoms with E-state index in [4.69, 9.17) is 9.31 Å². The predicted octanol–water partition coefficient (Wildman–Crippen LogP) is 3.01. The minimum Gasteiger partial charge on any atom is -0.399 e. The lowest BCUT2D eigenvalue weighted by Gasteiger charge is -2.32. The first-order valence-electron chi connectivity index (χ1n) is 8.63. The average molecular weight is 369 g/mol. The SMILES string of the molecule is Cc1ncsc1C(C)(O)C#Cc1cccc(B2OC(C)(C)C(C)(C)O2)c1. The first-order chi connectivity index (χ1) is 12.0. The van der Waals surface area contributed by atoms with Crippen molar-refractivity contribution in [1.29, 1.82) is 0 Å². The molecular formula is C20H24BNO3S. The average Bonchev–Trinajstić information content (AvgIpc) is 3.07. The Hall–Kier alpha value is -1.65. The number of aryl methyl sites for hydroxylation is 1. The highest BCUT2D eigenvalue weighted by molar-refractivity contribution is 7.09. The van der Waals surface area contributed by atoms with Gasteiger partial charge in [0.25, 0.3) is 0 Å².